The maximum Gasteiger partial charge on any atom is 0.308 e. The van der Waals surface area contributed by atoms with Crippen LogP contribution >= 0.6 is 22.7 Å². The van der Waals surface area contributed by atoms with Gasteiger partial charge in [-0.15, -0.1) is 21.5 Å². The van der Waals surface area contributed by atoms with Gasteiger partial charge < -0.3 is 14.4 Å². The first-order chi connectivity index (χ1) is 17.1. The van der Waals surface area contributed by atoms with E-state index in [2.05, 4.69) is 31.5 Å². The first kappa shape index (κ1) is 23.7. The van der Waals surface area contributed by atoms with Crippen LogP contribution in [0.5, 0.6) is 5.75 Å². The lowest BCUT2D eigenvalue weighted by Crippen LogP contribution is -2.31. The number of esters is 1. The van der Waals surface area contributed by atoms with E-state index in [1.807, 2.05) is 19.1 Å². The number of benzene rings is 1. The van der Waals surface area contributed by atoms with E-state index in [-0.39, 0.29) is 19.2 Å². The molecule has 1 atom stereocenters. The molecule has 0 bridgehead atoms. The third-order valence-electron chi connectivity index (χ3n) is 6.18. The Kier molecular flexibility index (Phi) is 7.24. The Morgan fingerprint density at radius 3 is 3.06 bits per heavy atom. The van der Waals surface area contributed by atoms with Gasteiger partial charge in [-0.25, -0.2) is 4.98 Å². The first-order valence-corrected chi connectivity index (χ1v) is 13.6. The fourth-order valence-corrected chi connectivity index (χ4v) is 5.92. The highest BCUT2D eigenvalue weighted by atomic mass is 32.1. The summed E-state index contributed by atoms with van der Waals surface area (Å²) in [7, 11) is 0. The number of carbonyl (C=O) groups is 2. The van der Waals surface area contributed by atoms with E-state index in [0.29, 0.717) is 30.6 Å². The predicted octanol–water partition coefficient (Wildman–Crippen LogP) is 4.65. The minimum absolute atomic E-state index is 0. The molecule has 1 aromatic carbocycles. The van der Waals surface area contributed by atoms with Gasteiger partial charge in [-0.1, -0.05) is 17.8 Å². The van der Waals surface area contributed by atoms with Crippen molar-refractivity contribution in [2.45, 2.75) is 39.0 Å². The van der Waals surface area contributed by atoms with Crippen molar-refractivity contribution < 1.29 is 20.5 Å². The average molecular weight is 516 g/mol. The lowest BCUT2D eigenvalue weighted by Gasteiger charge is -2.26. The smallest absolute Gasteiger partial charge is 0.308 e. The van der Waals surface area contributed by atoms with Crippen LogP contribution < -0.4 is 15.0 Å². The Bertz CT molecular complexity index is 1220. The molecule has 186 valence electrons. The van der Waals surface area contributed by atoms with Gasteiger partial charge in [0.15, 0.2) is 0 Å². The molecular formula is C24H29N5O4S2. The number of rotatable bonds is 6. The fourth-order valence-electron chi connectivity index (χ4n) is 4.33. The number of ether oxygens (including phenoxy) is 2. The highest BCUT2D eigenvalue weighted by molar-refractivity contribution is 7.19. The van der Waals surface area contributed by atoms with Gasteiger partial charge in [0.1, 0.15) is 16.5 Å². The van der Waals surface area contributed by atoms with Crippen molar-refractivity contribution in [3.63, 3.8) is 0 Å². The second-order valence-electron chi connectivity index (χ2n) is 8.52. The molecule has 1 N–H and O–H groups in total. The summed E-state index contributed by atoms with van der Waals surface area (Å²) in [5, 5.41) is 15.0. The molecule has 1 unspecified atom stereocenters. The quantitative estimate of drug-likeness (QED) is 0.473. The SMILES string of the molecule is CCOC(=O)C1CCCCN(c2nnc(NC(=O)c3csc(-c4ccc5c(c4)CCO5)n3)s2)CC1.[HH]. The Labute approximate surface area is 213 Å². The zero-order valence-electron chi connectivity index (χ0n) is 19.5. The zero-order chi connectivity index (χ0) is 24.2. The summed E-state index contributed by atoms with van der Waals surface area (Å²) in [5.74, 6) is 0.416. The molecule has 2 aromatic heterocycles. The van der Waals surface area contributed by atoms with Crippen molar-refractivity contribution in [2.75, 3.05) is 36.5 Å². The fraction of sp³-hybridized carbons (Fsp3) is 0.458. The number of nitrogens with one attached hydrogen (secondary N) is 1. The summed E-state index contributed by atoms with van der Waals surface area (Å²) >= 11 is 2.77. The van der Waals surface area contributed by atoms with E-state index < -0.39 is 0 Å². The molecule has 11 heteroatoms. The number of anilines is 2. The summed E-state index contributed by atoms with van der Waals surface area (Å²) in [5.41, 5.74) is 2.50. The summed E-state index contributed by atoms with van der Waals surface area (Å²) in [6.07, 6.45) is 4.40. The van der Waals surface area contributed by atoms with Crippen LogP contribution in [-0.4, -0.2) is 53.4 Å². The lowest BCUT2D eigenvalue weighted by molar-refractivity contribution is -0.148. The van der Waals surface area contributed by atoms with Crippen molar-refractivity contribution in [2.24, 2.45) is 5.92 Å². The lowest BCUT2D eigenvalue weighted by atomic mass is 9.96. The number of aromatic nitrogens is 3. The molecule has 1 amide bonds. The maximum absolute atomic E-state index is 12.8. The first-order valence-electron chi connectivity index (χ1n) is 11.9. The van der Waals surface area contributed by atoms with Crippen molar-refractivity contribution in [3.8, 4) is 16.3 Å². The second-order valence-corrected chi connectivity index (χ2v) is 10.3. The standard InChI is InChI=1S/C24H27N5O4S2.H2/c1-2-32-22(31)15-5-3-4-10-29(11-8-15)24-28-27-23(35-24)26-20(30)18-14-34-21(25-18)17-6-7-19-16(13-17)9-12-33-19;/h6-7,13-15H,2-5,8-12H2,1H3,(H,26,27,30);1H. The van der Waals surface area contributed by atoms with Gasteiger partial charge in [0.05, 0.1) is 19.1 Å². The highest BCUT2D eigenvalue weighted by Gasteiger charge is 2.24. The van der Waals surface area contributed by atoms with Gasteiger partial charge in [0.2, 0.25) is 10.3 Å². The van der Waals surface area contributed by atoms with Crippen LogP contribution in [0.1, 0.15) is 50.1 Å². The van der Waals surface area contributed by atoms with Gasteiger partial charge in [-0.3, -0.25) is 14.9 Å². The molecule has 3 aromatic rings. The number of thiazole rings is 1. The Balaban J connectivity index is 0.00000304. The topological polar surface area (TPSA) is 107 Å². The molecule has 35 heavy (non-hydrogen) atoms. The number of fused-ring (bicyclic) bond motifs is 1. The van der Waals surface area contributed by atoms with E-state index in [9.17, 15) is 9.59 Å². The molecule has 0 aliphatic carbocycles. The summed E-state index contributed by atoms with van der Waals surface area (Å²) < 4.78 is 10.8. The largest absolute Gasteiger partial charge is 0.493 e. The van der Waals surface area contributed by atoms with Crippen molar-refractivity contribution in [3.05, 3.63) is 34.8 Å². The summed E-state index contributed by atoms with van der Waals surface area (Å²) in [4.78, 5) is 31.6. The molecule has 2 aliphatic heterocycles. The van der Waals surface area contributed by atoms with Crippen molar-refractivity contribution >= 4 is 44.8 Å². The molecule has 5 rings (SSSR count). The van der Waals surface area contributed by atoms with E-state index >= 15 is 0 Å². The number of nitrogens with zero attached hydrogens (tertiary/aromatic N) is 4. The molecule has 0 radical (unpaired) electrons. The third-order valence-corrected chi connectivity index (χ3v) is 7.97. The van der Waals surface area contributed by atoms with Crippen LogP contribution in [0.3, 0.4) is 0 Å². The minimum Gasteiger partial charge on any atom is -0.493 e. The molecule has 9 nitrogen and oxygen atoms in total. The third kappa shape index (κ3) is 5.46. The Morgan fingerprint density at radius 2 is 2.17 bits per heavy atom. The predicted molar refractivity (Wildman–Crippen MR) is 138 cm³/mol. The van der Waals surface area contributed by atoms with E-state index in [1.165, 1.54) is 28.2 Å². The van der Waals surface area contributed by atoms with Crippen LogP contribution in [0.15, 0.2) is 23.6 Å². The van der Waals surface area contributed by atoms with Crippen LogP contribution in [0, 0.1) is 5.92 Å². The second kappa shape index (κ2) is 10.7. The van der Waals surface area contributed by atoms with Crippen LogP contribution in [0.25, 0.3) is 10.6 Å². The van der Waals surface area contributed by atoms with Crippen LogP contribution in [0.2, 0.25) is 0 Å². The van der Waals surface area contributed by atoms with Crippen molar-refractivity contribution in [1.29, 1.82) is 0 Å². The number of carbonyl (C=O) groups excluding carboxylic acids is 2. The Morgan fingerprint density at radius 1 is 1.26 bits per heavy atom. The molecule has 0 spiro atoms. The monoisotopic (exact) mass is 515 g/mol. The van der Waals surface area contributed by atoms with Gasteiger partial charge in [0, 0.05) is 31.9 Å². The summed E-state index contributed by atoms with van der Waals surface area (Å²) in [6, 6.07) is 6.01. The normalized spacial score (nSPS) is 17.7. The Hall–Kier alpha value is -3.05. The van der Waals surface area contributed by atoms with Crippen molar-refractivity contribution in [1.82, 2.24) is 15.2 Å². The number of amides is 1. The van der Waals surface area contributed by atoms with Gasteiger partial charge in [-0.2, -0.15) is 0 Å². The average Bonchev–Trinajstić information content (AvgIpc) is 3.59. The maximum atomic E-state index is 12.8. The number of hydrogen-bond acceptors (Lipinski definition) is 10. The molecule has 0 saturated carbocycles. The van der Waals surface area contributed by atoms with Crippen LogP contribution in [0.4, 0.5) is 10.3 Å². The zero-order valence-corrected chi connectivity index (χ0v) is 21.1. The van der Waals surface area contributed by atoms with E-state index in [1.54, 1.807) is 5.38 Å². The molecule has 1 saturated heterocycles. The van der Waals surface area contributed by atoms with Gasteiger partial charge in [-0.05, 0) is 49.9 Å². The molecule has 4 heterocycles. The van der Waals surface area contributed by atoms with E-state index in [4.69, 9.17) is 9.47 Å². The van der Waals surface area contributed by atoms with E-state index in [0.717, 1.165) is 60.1 Å². The molecule has 2 aliphatic rings. The highest BCUT2D eigenvalue weighted by Crippen LogP contribution is 2.32. The number of hydrogen-bond donors (Lipinski definition) is 1. The molecular weight excluding hydrogens is 486 g/mol. The van der Waals surface area contributed by atoms with Crippen LogP contribution in [-0.2, 0) is 16.0 Å². The molecule has 1 fully saturated rings. The minimum atomic E-state index is -0.310. The van der Waals surface area contributed by atoms with Gasteiger partial charge >= 0.3 is 5.97 Å². The van der Waals surface area contributed by atoms with Gasteiger partial charge in [0.25, 0.3) is 5.91 Å². The summed E-state index contributed by atoms with van der Waals surface area (Å²) in [6.45, 7) is 4.49.